The number of hydrogen-bond acceptors (Lipinski definition) is 4. The second-order valence-electron chi connectivity index (χ2n) is 5.11. The molecule has 0 aliphatic rings. The summed E-state index contributed by atoms with van der Waals surface area (Å²) in [7, 11) is 0. The van der Waals surface area contributed by atoms with Crippen LogP contribution in [0.4, 0.5) is 4.79 Å². The Morgan fingerprint density at radius 3 is 2.40 bits per heavy atom. The zero-order valence-electron chi connectivity index (χ0n) is 11.5. The summed E-state index contributed by atoms with van der Waals surface area (Å²) < 4.78 is 4.93. The van der Waals surface area contributed by atoms with Crippen LogP contribution in [0.1, 0.15) is 25.8 Å². The van der Waals surface area contributed by atoms with Gasteiger partial charge < -0.3 is 20.3 Å². The maximum atomic E-state index is 11.5. The molecule has 1 aromatic rings. The highest BCUT2D eigenvalue weighted by molar-refractivity contribution is 5.79. The van der Waals surface area contributed by atoms with Crippen LogP contribution in [0.5, 0.6) is 0 Å². The number of aliphatic carboxylic acids is 1. The summed E-state index contributed by atoms with van der Waals surface area (Å²) >= 11 is 0. The van der Waals surface area contributed by atoms with Crippen LogP contribution in [-0.2, 0) is 16.1 Å². The van der Waals surface area contributed by atoms with Gasteiger partial charge in [0.1, 0.15) is 12.6 Å². The van der Waals surface area contributed by atoms with E-state index in [4.69, 9.17) is 9.84 Å². The molecular weight excluding hydrogens is 262 g/mol. The summed E-state index contributed by atoms with van der Waals surface area (Å²) in [6.07, 6.45) is -0.937. The van der Waals surface area contributed by atoms with E-state index in [0.717, 1.165) is 5.56 Å². The van der Waals surface area contributed by atoms with Gasteiger partial charge in [0.2, 0.25) is 0 Å². The van der Waals surface area contributed by atoms with Crippen LogP contribution >= 0.6 is 0 Å². The van der Waals surface area contributed by atoms with Crippen molar-refractivity contribution in [1.82, 2.24) is 5.32 Å². The predicted molar refractivity (Wildman–Crippen MR) is 72.1 cm³/mol. The number of carbonyl (C=O) groups excluding carboxylic acids is 1. The first-order valence-electron chi connectivity index (χ1n) is 6.20. The topological polar surface area (TPSA) is 95.9 Å². The Labute approximate surface area is 117 Å². The Morgan fingerprint density at radius 2 is 1.90 bits per heavy atom. The van der Waals surface area contributed by atoms with Crippen molar-refractivity contribution < 1.29 is 24.5 Å². The first-order valence-corrected chi connectivity index (χ1v) is 6.20. The van der Waals surface area contributed by atoms with E-state index in [-0.39, 0.29) is 13.0 Å². The number of amides is 1. The summed E-state index contributed by atoms with van der Waals surface area (Å²) in [6, 6.07) is 7.85. The van der Waals surface area contributed by atoms with E-state index in [1.54, 1.807) is 12.1 Å². The highest BCUT2D eigenvalue weighted by atomic mass is 16.5. The molecule has 0 saturated carbocycles. The molecule has 0 unspecified atom stereocenters. The van der Waals surface area contributed by atoms with Crippen LogP contribution in [0.15, 0.2) is 30.3 Å². The molecule has 3 N–H and O–H groups in total. The summed E-state index contributed by atoms with van der Waals surface area (Å²) in [6.45, 7) is 3.00. The largest absolute Gasteiger partial charge is 0.480 e. The molecular formula is C14H19NO5. The van der Waals surface area contributed by atoms with E-state index >= 15 is 0 Å². The fourth-order valence-corrected chi connectivity index (χ4v) is 1.61. The number of rotatable bonds is 6. The zero-order valence-corrected chi connectivity index (χ0v) is 11.5. The number of alkyl carbamates (subject to hydrolysis) is 1. The minimum Gasteiger partial charge on any atom is -0.480 e. The molecule has 20 heavy (non-hydrogen) atoms. The average Bonchev–Trinajstić information content (AvgIpc) is 2.35. The SMILES string of the molecule is CC(C)(O)C[C@H](NC(=O)OCc1ccccc1)C(=O)O. The van der Waals surface area contributed by atoms with Crippen molar-refractivity contribution in [2.75, 3.05) is 0 Å². The van der Waals surface area contributed by atoms with Crippen molar-refractivity contribution >= 4 is 12.1 Å². The van der Waals surface area contributed by atoms with Gasteiger partial charge in [-0.05, 0) is 19.4 Å². The number of carbonyl (C=O) groups is 2. The van der Waals surface area contributed by atoms with Crippen LogP contribution in [-0.4, -0.2) is 33.9 Å². The number of ether oxygens (including phenoxy) is 1. The average molecular weight is 281 g/mol. The minimum atomic E-state index is -1.22. The molecule has 1 atom stereocenters. The van der Waals surface area contributed by atoms with E-state index in [2.05, 4.69) is 5.32 Å². The molecule has 0 aromatic heterocycles. The Kier molecular flexibility index (Phi) is 5.52. The monoisotopic (exact) mass is 281 g/mol. The molecule has 6 nitrogen and oxygen atoms in total. The van der Waals surface area contributed by atoms with Gasteiger partial charge in [0, 0.05) is 6.42 Å². The smallest absolute Gasteiger partial charge is 0.408 e. The number of aliphatic hydroxyl groups is 1. The Bertz CT molecular complexity index is 452. The third-order valence-electron chi connectivity index (χ3n) is 2.51. The molecule has 1 amide bonds. The van der Waals surface area contributed by atoms with Gasteiger partial charge >= 0.3 is 12.1 Å². The van der Waals surface area contributed by atoms with Crippen LogP contribution < -0.4 is 5.32 Å². The second kappa shape index (κ2) is 6.91. The Balaban J connectivity index is 2.48. The third kappa shape index (κ3) is 6.19. The summed E-state index contributed by atoms with van der Waals surface area (Å²) in [4.78, 5) is 22.5. The first kappa shape index (κ1) is 16.0. The van der Waals surface area contributed by atoms with Crippen molar-refractivity contribution in [1.29, 1.82) is 0 Å². The highest BCUT2D eigenvalue weighted by Crippen LogP contribution is 2.11. The maximum absolute atomic E-state index is 11.5. The highest BCUT2D eigenvalue weighted by Gasteiger charge is 2.27. The Morgan fingerprint density at radius 1 is 1.30 bits per heavy atom. The molecule has 0 radical (unpaired) electrons. The van der Waals surface area contributed by atoms with Gasteiger partial charge in [-0.25, -0.2) is 9.59 Å². The molecule has 0 heterocycles. The minimum absolute atomic E-state index is 0.0571. The van der Waals surface area contributed by atoms with Gasteiger partial charge in [0.25, 0.3) is 0 Å². The number of carboxylic acid groups (broad SMARTS) is 1. The lowest BCUT2D eigenvalue weighted by atomic mass is 9.99. The second-order valence-corrected chi connectivity index (χ2v) is 5.11. The van der Waals surface area contributed by atoms with E-state index in [1.807, 2.05) is 18.2 Å². The fraction of sp³-hybridized carbons (Fsp3) is 0.429. The fourth-order valence-electron chi connectivity index (χ4n) is 1.61. The molecule has 0 bridgehead atoms. The van der Waals surface area contributed by atoms with Gasteiger partial charge in [-0.3, -0.25) is 0 Å². The number of carboxylic acids is 1. The van der Waals surface area contributed by atoms with Crippen molar-refractivity contribution in [3.63, 3.8) is 0 Å². The van der Waals surface area contributed by atoms with Gasteiger partial charge in [-0.1, -0.05) is 30.3 Å². The zero-order chi connectivity index (χ0) is 15.2. The van der Waals surface area contributed by atoms with E-state index < -0.39 is 23.7 Å². The quantitative estimate of drug-likeness (QED) is 0.735. The van der Waals surface area contributed by atoms with Gasteiger partial charge in [-0.15, -0.1) is 0 Å². The van der Waals surface area contributed by atoms with Gasteiger partial charge in [-0.2, -0.15) is 0 Å². The standard InChI is InChI=1S/C14H19NO5/c1-14(2,19)8-11(12(16)17)15-13(18)20-9-10-6-4-3-5-7-10/h3-7,11,19H,8-9H2,1-2H3,(H,15,18)(H,16,17)/t11-/m0/s1. The van der Waals surface area contributed by atoms with E-state index in [0.29, 0.717) is 0 Å². The molecule has 1 rings (SSSR count). The lowest BCUT2D eigenvalue weighted by molar-refractivity contribution is -0.141. The van der Waals surface area contributed by atoms with Crippen LogP contribution in [0.25, 0.3) is 0 Å². The first-order chi connectivity index (χ1) is 9.28. The molecule has 0 aliphatic heterocycles. The molecule has 0 fully saturated rings. The summed E-state index contributed by atoms with van der Waals surface area (Å²) in [5, 5.41) is 20.8. The molecule has 110 valence electrons. The van der Waals surface area contributed by atoms with E-state index in [9.17, 15) is 14.7 Å². The molecule has 0 aliphatic carbocycles. The lowest BCUT2D eigenvalue weighted by Gasteiger charge is -2.22. The summed E-state index contributed by atoms with van der Waals surface area (Å²) in [5.74, 6) is -1.22. The number of benzene rings is 1. The van der Waals surface area contributed by atoms with E-state index in [1.165, 1.54) is 13.8 Å². The van der Waals surface area contributed by atoms with Crippen molar-refractivity contribution in [3.8, 4) is 0 Å². The lowest BCUT2D eigenvalue weighted by Crippen LogP contribution is -2.45. The molecule has 6 heteroatoms. The van der Waals surface area contributed by atoms with Crippen molar-refractivity contribution in [2.24, 2.45) is 0 Å². The Hall–Kier alpha value is -2.08. The third-order valence-corrected chi connectivity index (χ3v) is 2.51. The normalized spacial score (nSPS) is 12.6. The molecule has 0 spiro atoms. The van der Waals surface area contributed by atoms with Crippen molar-refractivity contribution in [3.05, 3.63) is 35.9 Å². The van der Waals surface area contributed by atoms with Gasteiger partial charge in [0.05, 0.1) is 5.60 Å². The summed E-state index contributed by atoms with van der Waals surface area (Å²) in [5.41, 5.74) is -0.396. The molecule has 0 saturated heterocycles. The maximum Gasteiger partial charge on any atom is 0.408 e. The van der Waals surface area contributed by atoms with Gasteiger partial charge in [0.15, 0.2) is 0 Å². The van der Waals surface area contributed by atoms with Crippen molar-refractivity contribution in [2.45, 2.75) is 38.5 Å². The number of nitrogens with one attached hydrogen (secondary N) is 1. The number of hydrogen-bond donors (Lipinski definition) is 3. The predicted octanol–water partition coefficient (Wildman–Crippen LogP) is 1.53. The van der Waals surface area contributed by atoms with Crippen LogP contribution in [0.3, 0.4) is 0 Å². The van der Waals surface area contributed by atoms with Crippen LogP contribution in [0, 0.1) is 0 Å². The molecule has 1 aromatic carbocycles. The van der Waals surface area contributed by atoms with Crippen LogP contribution in [0.2, 0.25) is 0 Å².